The van der Waals surface area contributed by atoms with Crippen molar-refractivity contribution < 1.29 is 45.0 Å². The van der Waals surface area contributed by atoms with Crippen LogP contribution >= 0.6 is 11.6 Å². The van der Waals surface area contributed by atoms with E-state index in [1.807, 2.05) is 0 Å². The molecule has 5 rings (SSSR count). The molecule has 3 aromatic carbocycles. The lowest BCUT2D eigenvalue weighted by Gasteiger charge is -2.26. The second-order valence-corrected chi connectivity index (χ2v) is 11.1. The zero-order valence-electron chi connectivity index (χ0n) is 22.5. The molecule has 2 saturated heterocycles. The van der Waals surface area contributed by atoms with Gasteiger partial charge in [-0.2, -0.15) is 26.3 Å². The van der Waals surface area contributed by atoms with Crippen LogP contribution in [0.5, 0.6) is 5.75 Å². The number of ether oxygens (including phenoxy) is 2. The number of carbonyl (C=O) groups is 1. The Morgan fingerprint density at radius 1 is 0.929 bits per heavy atom. The predicted octanol–water partition coefficient (Wildman–Crippen LogP) is 9.71. The molecule has 12 heteroatoms. The smallest absolute Gasteiger partial charge is 0.416 e. The zero-order chi connectivity index (χ0) is 30.7. The number of hydrogen-bond acceptors (Lipinski definition) is 3. The molecule has 4 nitrogen and oxygen atoms in total. The van der Waals surface area contributed by atoms with Gasteiger partial charge in [-0.25, -0.2) is 9.18 Å². The normalized spacial score (nSPS) is 20.7. The molecule has 2 aliphatic heterocycles. The SMILES string of the molecule is COc1cc(F)c(C(C)C)cc1-c1ccc(C(F)(F)F)cc1[C@@H]1CC[C@H]2[C@@H](c3cc(Cl)cc(C(F)(F)F)c3)OC(=O)N12. The van der Waals surface area contributed by atoms with Crippen LogP contribution in [0.15, 0.2) is 48.5 Å². The lowest BCUT2D eigenvalue weighted by atomic mass is 9.89. The van der Waals surface area contributed by atoms with E-state index >= 15 is 0 Å². The number of amides is 1. The quantitative estimate of drug-likeness (QED) is 0.268. The fourth-order valence-corrected chi connectivity index (χ4v) is 6.08. The molecule has 3 atom stereocenters. The standard InChI is InChI=1S/C30H25ClF7NO3/c1-14(2)20-12-22(26(41-3)13-23(20)32)19-5-4-16(29(33,34)35)11-21(19)24-6-7-25-27(42-28(40)39(24)25)15-8-17(30(36,37)38)10-18(31)9-15/h4-5,8-14,24-25,27H,6-7H2,1-3H3/t24-,25-,27+/m0/s1. The third-order valence-corrected chi connectivity index (χ3v) is 7.98. The minimum Gasteiger partial charge on any atom is -0.496 e. The average molecular weight is 616 g/mol. The van der Waals surface area contributed by atoms with Gasteiger partial charge in [-0.05, 0) is 77.4 Å². The van der Waals surface area contributed by atoms with E-state index in [0.717, 1.165) is 24.3 Å². The van der Waals surface area contributed by atoms with Gasteiger partial charge in [0.1, 0.15) is 17.7 Å². The van der Waals surface area contributed by atoms with Gasteiger partial charge >= 0.3 is 18.4 Å². The Bertz CT molecular complexity index is 1540. The second kappa shape index (κ2) is 10.7. The van der Waals surface area contributed by atoms with E-state index in [9.17, 15) is 35.5 Å². The van der Waals surface area contributed by atoms with E-state index in [4.69, 9.17) is 21.1 Å². The maximum absolute atomic E-state index is 14.8. The molecule has 2 heterocycles. The van der Waals surface area contributed by atoms with Crippen LogP contribution in [0.25, 0.3) is 11.1 Å². The van der Waals surface area contributed by atoms with Crippen LogP contribution in [-0.2, 0) is 17.1 Å². The molecule has 224 valence electrons. The lowest BCUT2D eigenvalue weighted by Crippen LogP contribution is -2.31. The van der Waals surface area contributed by atoms with Crippen LogP contribution in [0, 0.1) is 5.82 Å². The van der Waals surface area contributed by atoms with Gasteiger partial charge in [0.05, 0.1) is 30.3 Å². The van der Waals surface area contributed by atoms with Crippen molar-refractivity contribution in [1.82, 2.24) is 4.90 Å². The number of hydrogen-bond donors (Lipinski definition) is 0. The molecule has 0 unspecified atom stereocenters. The summed E-state index contributed by atoms with van der Waals surface area (Å²) in [5.41, 5.74) is -0.853. The molecule has 0 aromatic heterocycles. The van der Waals surface area contributed by atoms with E-state index in [-0.39, 0.29) is 40.7 Å². The summed E-state index contributed by atoms with van der Waals surface area (Å²) in [5, 5.41) is -0.201. The van der Waals surface area contributed by atoms with Crippen LogP contribution in [0.3, 0.4) is 0 Å². The first-order valence-corrected chi connectivity index (χ1v) is 13.4. The maximum atomic E-state index is 14.8. The van der Waals surface area contributed by atoms with Crippen molar-refractivity contribution in [1.29, 1.82) is 0 Å². The van der Waals surface area contributed by atoms with Crippen LogP contribution < -0.4 is 4.74 Å². The Balaban J connectivity index is 1.62. The Kier molecular flexibility index (Phi) is 7.62. The predicted molar refractivity (Wildman–Crippen MR) is 141 cm³/mol. The molecular weight excluding hydrogens is 591 g/mol. The summed E-state index contributed by atoms with van der Waals surface area (Å²) in [6.45, 7) is 3.54. The molecule has 0 N–H and O–H groups in total. The summed E-state index contributed by atoms with van der Waals surface area (Å²) >= 11 is 5.96. The molecule has 1 amide bonds. The summed E-state index contributed by atoms with van der Waals surface area (Å²) in [7, 11) is 1.31. The Labute approximate surface area is 242 Å². The molecule has 3 aromatic rings. The number of fused-ring (bicyclic) bond motifs is 1. The van der Waals surface area contributed by atoms with Crippen molar-refractivity contribution in [2.75, 3.05) is 7.11 Å². The monoisotopic (exact) mass is 615 g/mol. The van der Waals surface area contributed by atoms with Crippen LogP contribution in [0.2, 0.25) is 5.02 Å². The van der Waals surface area contributed by atoms with Crippen molar-refractivity contribution >= 4 is 17.7 Å². The number of halogens is 8. The van der Waals surface area contributed by atoms with Crippen molar-refractivity contribution in [3.05, 3.63) is 87.2 Å². The van der Waals surface area contributed by atoms with Gasteiger partial charge in [-0.1, -0.05) is 31.5 Å². The molecule has 2 aliphatic rings. The number of rotatable bonds is 5. The minimum atomic E-state index is -4.70. The molecule has 0 aliphatic carbocycles. The summed E-state index contributed by atoms with van der Waals surface area (Å²) in [5.74, 6) is -0.698. The fraction of sp³-hybridized carbons (Fsp3) is 0.367. The zero-order valence-corrected chi connectivity index (χ0v) is 23.3. The molecule has 0 bridgehead atoms. The fourth-order valence-electron chi connectivity index (χ4n) is 5.84. The number of cyclic esters (lactones) is 1. The topological polar surface area (TPSA) is 38.8 Å². The Hall–Kier alpha value is -3.47. The van der Waals surface area contributed by atoms with E-state index in [2.05, 4.69) is 0 Å². The number of alkyl halides is 6. The van der Waals surface area contributed by atoms with E-state index in [0.29, 0.717) is 16.7 Å². The van der Waals surface area contributed by atoms with E-state index in [1.54, 1.807) is 13.8 Å². The summed E-state index contributed by atoms with van der Waals surface area (Å²) in [4.78, 5) is 14.5. The third-order valence-electron chi connectivity index (χ3n) is 7.76. The highest BCUT2D eigenvalue weighted by Gasteiger charge is 2.51. The third kappa shape index (κ3) is 5.39. The second-order valence-electron chi connectivity index (χ2n) is 10.7. The van der Waals surface area contributed by atoms with Gasteiger partial charge in [0, 0.05) is 16.7 Å². The number of nitrogens with zero attached hydrogens (tertiary/aromatic N) is 1. The number of benzene rings is 3. The van der Waals surface area contributed by atoms with Crippen molar-refractivity contribution in [3.63, 3.8) is 0 Å². The first kappa shape index (κ1) is 30.0. The van der Waals surface area contributed by atoms with Gasteiger partial charge in [0.25, 0.3) is 0 Å². The highest BCUT2D eigenvalue weighted by molar-refractivity contribution is 6.30. The molecule has 42 heavy (non-hydrogen) atoms. The van der Waals surface area contributed by atoms with Crippen LogP contribution in [-0.4, -0.2) is 24.1 Å². The molecule has 0 radical (unpaired) electrons. The largest absolute Gasteiger partial charge is 0.496 e. The lowest BCUT2D eigenvalue weighted by molar-refractivity contribution is -0.138. The highest BCUT2D eigenvalue weighted by atomic mass is 35.5. The minimum absolute atomic E-state index is 0.0300. The first-order valence-electron chi connectivity index (χ1n) is 13.1. The maximum Gasteiger partial charge on any atom is 0.416 e. The summed E-state index contributed by atoms with van der Waals surface area (Å²) < 4.78 is 108. The van der Waals surface area contributed by atoms with Crippen molar-refractivity contribution in [2.45, 2.75) is 63.1 Å². The van der Waals surface area contributed by atoms with Gasteiger partial charge < -0.3 is 9.47 Å². The van der Waals surface area contributed by atoms with Gasteiger partial charge in [0.15, 0.2) is 0 Å². The number of methoxy groups -OCH3 is 1. The molecule has 0 spiro atoms. The van der Waals surface area contributed by atoms with Crippen LogP contribution in [0.1, 0.15) is 72.6 Å². The summed E-state index contributed by atoms with van der Waals surface area (Å²) in [6, 6.07) is 7.01. The molecular formula is C30H25ClF7NO3. The van der Waals surface area contributed by atoms with E-state index in [1.165, 1.54) is 36.3 Å². The Morgan fingerprint density at radius 2 is 1.62 bits per heavy atom. The molecule has 2 fully saturated rings. The van der Waals surface area contributed by atoms with Gasteiger partial charge in [-0.15, -0.1) is 0 Å². The summed E-state index contributed by atoms with van der Waals surface area (Å²) in [6.07, 6.45) is -11.0. The first-order chi connectivity index (χ1) is 19.6. The van der Waals surface area contributed by atoms with Crippen molar-refractivity contribution in [2.24, 2.45) is 0 Å². The highest BCUT2D eigenvalue weighted by Crippen LogP contribution is 2.51. The van der Waals surface area contributed by atoms with Crippen LogP contribution in [0.4, 0.5) is 35.5 Å². The van der Waals surface area contributed by atoms with Gasteiger partial charge in [-0.3, -0.25) is 4.90 Å². The Morgan fingerprint density at radius 3 is 2.24 bits per heavy atom. The van der Waals surface area contributed by atoms with Gasteiger partial charge in [0.2, 0.25) is 0 Å². The van der Waals surface area contributed by atoms with Crippen molar-refractivity contribution in [3.8, 4) is 16.9 Å². The molecule has 0 saturated carbocycles. The van der Waals surface area contributed by atoms with E-state index < -0.39 is 53.6 Å². The average Bonchev–Trinajstić information content (AvgIpc) is 3.48. The number of carbonyl (C=O) groups excluding carboxylic acids is 1.